The van der Waals surface area contributed by atoms with E-state index in [0.717, 1.165) is 15.0 Å². The number of hydrogen-bond donors (Lipinski definition) is 2. The highest BCUT2D eigenvalue weighted by Crippen LogP contribution is 2.43. The Kier molecular flexibility index (Phi) is 5.36. The minimum absolute atomic E-state index is 0.240. The molecule has 0 aliphatic heterocycles. The number of hydrogen-bond acceptors (Lipinski definition) is 4. The van der Waals surface area contributed by atoms with Crippen LogP contribution in [0.3, 0.4) is 0 Å². The van der Waals surface area contributed by atoms with Crippen molar-refractivity contribution in [3.8, 4) is 11.1 Å². The number of primary amides is 1. The van der Waals surface area contributed by atoms with Crippen LogP contribution < -0.4 is 11.1 Å². The lowest BCUT2D eigenvalue weighted by Crippen LogP contribution is -2.17. The van der Waals surface area contributed by atoms with Crippen LogP contribution in [-0.2, 0) is 0 Å². The van der Waals surface area contributed by atoms with Crippen molar-refractivity contribution in [3.05, 3.63) is 73.9 Å². The van der Waals surface area contributed by atoms with Gasteiger partial charge in [-0.1, -0.05) is 47.5 Å². The van der Waals surface area contributed by atoms with Gasteiger partial charge in [0, 0.05) is 41.5 Å². The average molecular weight is 461 g/mol. The molecule has 0 radical (unpaired) electrons. The number of halogens is 2. The number of amides is 2. The molecule has 4 rings (SSSR count). The molecule has 2 aromatic heterocycles. The number of rotatable bonds is 4. The van der Waals surface area contributed by atoms with Crippen molar-refractivity contribution in [3.63, 3.8) is 0 Å². The molecule has 0 saturated carbocycles. The van der Waals surface area contributed by atoms with Crippen molar-refractivity contribution < 1.29 is 9.59 Å². The predicted octanol–water partition coefficient (Wildman–Crippen LogP) is 6.60. The second kappa shape index (κ2) is 7.80. The molecule has 2 amide bonds. The van der Waals surface area contributed by atoms with Gasteiger partial charge in [-0.2, -0.15) is 0 Å². The maximum Gasteiger partial charge on any atom is 0.257 e. The molecule has 29 heavy (non-hydrogen) atoms. The molecule has 0 fully saturated rings. The molecule has 0 spiro atoms. The molecule has 0 aliphatic carbocycles. The van der Waals surface area contributed by atoms with Gasteiger partial charge in [0.25, 0.3) is 11.8 Å². The molecule has 4 aromatic rings. The number of nitrogens with one attached hydrogen (secondary N) is 1. The normalized spacial score (nSPS) is 11.0. The van der Waals surface area contributed by atoms with Crippen LogP contribution in [0.25, 0.3) is 21.2 Å². The summed E-state index contributed by atoms with van der Waals surface area (Å²) in [6.45, 7) is 1.85. The van der Waals surface area contributed by atoms with E-state index in [9.17, 15) is 9.59 Å². The number of fused-ring (bicyclic) bond motifs is 1. The van der Waals surface area contributed by atoms with E-state index >= 15 is 0 Å². The molecular formula is C21H14Cl2N2O2S2. The molecule has 2 heterocycles. The van der Waals surface area contributed by atoms with E-state index in [1.807, 2.05) is 31.2 Å². The number of nitrogens with two attached hydrogens (primary N) is 1. The smallest absolute Gasteiger partial charge is 0.257 e. The van der Waals surface area contributed by atoms with E-state index in [2.05, 4.69) is 5.32 Å². The topological polar surface area (TPSA) is 72.2 Å². The maximum absolute atomic E-state index is 12.9. The first-order valence-electron chi connectivity index (χ1n) is 8.53. The summed E-state index contributed by atoms with van der Waals surface area (Å²) >= 11 is 15.1. The lowest BCUT2D eigenvalue weighted by Gasteiger charge is -2.08. The number of aryl methyl sites for hydroxylation is 1. The number of thiophene rings is 2. The summed E-state index contributed by atoms with van der Waals surface area (Å²) < 4.78 is 1.02. The van der Waals surface area contributed by atoms with Gasteiger partial charge < -0.3 is 11.1 Å². The van der Waals surface area contributed by atoms with Crippen molar-refractivity contribution >= 4 is 72.8 Å². The van der Waals surface area contributed by atoms with Crippen molar-refractivity contribution in [2.75, 3.05) is 5.32 Å². The van der Waals surface area contributed by atoms with Crippen LogP contribution >= 0.6 is 45.9 Å². The average Bonchev–Trinajstić information content (AvgIpc) is 3.23. The third-order valence-corrected chi connectivity index (χ3v) is 7.02. The first kappa shape index (κ1) is 19.9. The lowest BCUT2D eigenvalue weighted by molar-refractivity contribution is 0.100. The summed E-state index contributed by atoms with van der Waals surface area (Å²) in [5, 5.41) is 6.83. The molecule has 8 heteroatoms. The van der Waals surface area contributed by atoms with Crippen LogP contribution in [0, 0.1) is 6.92 Å². The molecule has 146 valence electrons. The fourth-order valence-corrected chi connectivity index (χ4v) is 5.72. The second-order valence-electron chi connectivity index (χ2n) is 6.33. The SMILES string of the molecule is Cc1sc(NC(=O)c2csc3ccccc23)c(C(N)=O)c1-c1ccc(Cl)cc1Cl. The van der Waals surface area contributed by atoms with Crippen molar-refractivity contribution in [2.45, 2.75) is 6.92 Å². The largest absolute Gasteiger partial charge is 0.365 e. The van der Waals surface area contributed by atoms with Gasteiger partial charge in [0.15, 0.2) is 0 Å². The first-order valence-corrected chi connectivity index (χ1v) is 11.0. The Morgan fingerprint density at radius 3 is 2.59 bits per heavy atom. The van der Waals surface area contributed by atoms with E-state index in [1.54, 1.807) is 23.6 Å². The van der Waals surface area contributed by atoms with Crippen LogP contribution in [0.4, 0.5) is 5.00 Å². The Hall–Kier alpha value is -2.38. The van der Waals surface area contributed by atoms with Crippen LogP contribution in [0.2, 0.25) is 10.0 Å². The number of benzene rings is 2. The Morgan fingerprint density at radius 1 is 1.10 bits per heavy atom. The number of anilines is 1. The summed E-state index contributed by atoms with van der Waals surface area (Å²) in [5.41, 5.74) is 7.72. The van der Waals surface area contributed by atoms with Gasteiger partial charge in [-0.15, -0.1) is 22.7 Å². The van der Waals surface area contributed by atoms with E-state index in [1.165, 1.54) is 22.7 Å². The van der Waals surface area contributed by atoms with E-state index in [4.69, 9.17) is 28.9 Å². The highest BCUT2D eigenvalue weighted by molar-refractivity contribution is 7.18. The highest BCUT2D eigenvalue weighted by atomic mass is 35.5. The third-order valence-electron chi connectivity index (χ3n) is 4.48. The molecule has 0 saturated heterocycles. The van der Waals surface area contributed by atoms with Gasteiger partial charge in [0.05, 0.1) is 11.1 Å². The molecule has 0 unspecified atom stereocenters. The minimum Gasteiger partial charge on any atom is -0.365 e. The zero-order valence-electron chi connectivity index (χ0n) is 15.1. The summed E-state index contributed by atoms with van der Waals surface area (Å²) in [5.74, 6) is -0.930. The Bertz CT molecular complexity index is 1280. The van der Waals surface area contributed by atoms with Crippen molar-refractivity contribution in [1.82, 2.24) is 0 Å². The van der Waals surface area contributed by atoms with Gasteiger partial charge in [-0.25, -0.2) is 0 Å². The summed E-state index contributed by atoms with van der Waals surface area (Å²) in [4.78, 5) is 26.1. The second-order valence-corrected chi connectivity index (χ2v) is 9.31. The Labute approximate surface area is 184 Å². The van der Waals surface area contributed by atoms with Gasteiger partial charge in [-0.05, 0) is 25.1 Å². The van der Waals surface area contributed by atoms with Crippen LogP contribution in [0.5, 0.6) is 0 Å². The summed E-state index contributed by atoms with van der Waals surface area (Å²) in [6.07, 6.45) is 0. The standard InChI is InChI=1S/C21H14Cl2N2O2S2/c1-10-17(13-7-6-11(22)8-15(13)23)18(19(24)26)21(29-10)25-20(27)14-9-28-16-5-3-2-4-12(14)16/h2-9H,1H3,(H2,24,26)(H,25,27). The first-order chi connectivity index (χ1) is 13.9. The summed E-state index contributed by atoms with van der Waals surface area (Å²) in [7, 11) is 0. The van der Waals surface area contributed by atoms with E-state index in [-0.39, 0.29) is 11.5 Å². The van der Waals surface area contributed by atoms with Crippen LogP contribution in [0.15, 0.2) is 47.8 Å². The Morgan fingerprint density at radius 2 is 1.86 bits per heavy atom. The van der Waals surface area contributed by atoms with Gasteiger partial charge >= 0.3 is 0 Å². The maximum atomic E-state index is 12.9. The lowest BCUT2D eigenvalue weighted by atomic mass is 10.0. The van der Waals surface area contributed by atoms with Gasteiger partial charge in [-0.3, -0.25) is 9.59 Å². The van der Waals surface area contributed by atoms with E-state index in [0.29, 0.717) is 31.7 Å². The Balaban J connectivity index is 1.79. The molecular weight excluding hydrogens is 447 g/mol. The van der Waals surface area contributed by atoms with E-state index < -0.39 is 5.91 Å². The molecule has 2 aromatic carbocycles. The minimum atomic E-state index is -0.638. The number of carbonyl (C=O) groups is 2. The van der Waals surface area contributed by atoms with Crippen LogP contribution in [0.1, 0.15) is 25.6 Å². The van der Waals surface area contributed by atoms with Crippen molar-refractivity contribution in [1.29, 1.82) is 0 Å². The third kappa shape index (κ3) is 3.65. The summed E-state index contributed by atoms with van der Waals surface area (Å²) in [6, 6.07) is 12.7. The molecule has 3 N–H and O–H groups in total. The van der Waals surface area contributed by atoms with Crippen LogP contribution in [-0.4, -0.2) is 11.8 Å². The molecule has 0 bridgehead atoms. The zero-order valence-corrected chi connectivity index (χ0v) is 18.2. The predicted molar refractivity (Wildman–Crippen MR) is 123 cm³/mol. The molecule has 0 atom stereocenters. The monoisotopic (exact) mass is 460 g/mol. The van der Waals surface area contributed by atoms with Gasteiger partial charge in [0.1, 0.15) is 5.00 Å². The fourth-order valence-electron chi connectivity index (χ4n) is 3.21. The van der Waals surface area contributed by atoms with Crippen molar-refractivity contribution in [2.24, 2.45) is 5.73 Å². The highest BCUT2D eigenvalue weighted by Gasteiger charge is 2.25. The van der Waals surface area contributed by atoms with Gasteiger partial charge in [0.2, 0.25) is 0 Å². The zero-order chi connectivity index (χ0) is 20.7. The molecule has 0 aliphatic rings. The molecule has 4 nitrogen and oxygen atoms in total. The number of carbonyl (C=O) groups excluding carboxylic acids is 2. The fraction of sp³-hybridized carbons (Fsp3) is 0.0476. The quantitative estimate of drug-likeness (QED) is 0.360.